The lowest BCUT2D eigenvalue weighted by Gasteiger charge is -2.20. The smallest absolute Gasteiger partial charge is 0.371 e. The molecule has 0 amide bonds. The van der Waals surface area contributed by atoms with Crippen molar-refractivity contribution in [3.8, 4) is 0 Å². The number of hydrogen-bond donors (Lipinski definition) is 0. The zero-order valence-electron chi connectivity index (χ0n) is 8.71. The fourth-order valence-corrected chi connectivity index (χ4v) is 1.51. The Morgan fingerprint density at radius 3 is 2.41 bits per heavy atom. The highest BCUT2D eigenvalue weighted by atomic mass is 35.5. The van der Waals surface area contributed by atoms with Gasteiger partial charge < -0.3 is 9.47 Å². The molecule has 94 valence electrons. The van der Waals surface area contributed by atoms with Crippen LogP contribution < -0.4 is 0 Å². The summed E-state index contributed by atoms with van der Waals surface area (Å²) in [5.74, 6) is 0. The maximum absolute atomic E-state index is 12.8. The second-order valence-electron chi connectivity index (χ2n) is 3.76. The Morgan fingerprint density at radius 1 is 1.35 bits per heavy atom. The fraction of sp³-hybridized carbons (Fsp3) is 0.455. The second-order valence-corrected chi connectivity index (χ2v) is 4.20. The van der Waals surface area contributed by atoms with Gasteiger partial charge in [-0.15, -0.1) is 0 Å². The molecule has 2 atom stereocenters. The minimum absolute atomic E-state index is 0.0440. The summed E-state index contributed by atoms with van der Waals surface area (Å²) in [5, 5.41) is 0.389. The molecule has 0 spiro atoms. The highest BCUT2D eigenvalue weighted by Gasteiger charge is 2.42. The van der Waals surface area contributed by atoms with E-state index in [0.29, 0.717) is 11.6 Å². The van der Waals surface area contributed by atoms with E-state index in [2.05, 4.69) is 0 Å². The molecule has 1 aromatic carbocycles. The van der Waals surface area contributed by atoms with Crippen LogP contribution in [0.4, 0.5) is 13.2 Å². The molecule has 2 nitrogen and oxygen atoms in total. The van der Waals surface area contributed by atoms with E-state index in [4.69, 9.17) is 21.1 Å². The van der Waals surface area contributed by atoms with E-state index >= 15 is 0 Å². The van der Waals surface area contributed by atoms with Crippen LogP contribution in [-0.4, -0.2) is 25.5 Å². The standard InChI is InChI=1S/C11H10ClF3O2/c12-8-3-1-7(2-4-8)10(11(13,14)15)17-6-9-5-16-9/h1-4,9-10H,5-6H2. The predicted molar refractivity (Wildman–Crippen MR) is 55.9 cm³/mol. The van der Waals surface area contributed by atoms with Crippen LogP contribution >= 0.6 is 11.6 Å². The number of ether oxygens (including phenoxy) is 2. The lowest BCUT2D eigenvalue weighted by Crippen LogP contribution is -2.25. The Kier molecular flexibility index (Phi) is 3.61. The molecule has 1 heterocycles. The molecule has 2 rings (SSSR count). The van der Waals surface area contributed by atoms with Gasteiger partial charge in [-0.3, -0.25) is 0 Å². The maximum Gasteiger partial charge on any atom is 0.418 e. The highest BCUT2D eigenvalue weighted by molar-refractivity contribution is 6.30. The zero-order valence-corrected chi connectivity index (χ0v) is 9.46. The number of alkyl halides is 3. The summed E-state index contributed by atoms with van der Waals surface area (Å²) in [7, 11) is 0. The molecule has 0 N–H and O–H groups in total. The molecule has 0 bridgehead atoms. The Morgan fingerprint density at radius 2 is 1.94 bits per heavy atom. The molecule has 0 saturated carbocycles. The summed E-state index contributed by atoms with van der Waals surface area (Å²) in [5.41, 5.74) is 0.0440. The third-order valence-corrected chi connectivity index (χ3v) is 2.57. The van der Waals surface area contributed by atoms with Gasteiger partial charge in [0.2, 0.25) is 0 Å². The first-order valence-electron chi connectivity index (χ1n) is 5.02. The van der Waals surface area contributed by atoms with Crippen LogP contribution in [-0.2, 0) is 9.47 Å². The molecule has 1 aliphatic rings. The van der Waals surface area contributed by atoms with Crippen LogP contribution in [0.5, 0.6) is 0 Å². The van der Waals surface area contributed by atoms with Crippen LogP contribution in [0.3, 0.4) is 0 Å². The van der Waals surface area contributed by atoms with Crippen molar-refractivity contribution in [2.45, 2.75) is 18.4 Å². The van der Waals surface area contributed by atoms with Gasteiger partial charge in [0, 0.05) is 5.02 Å². The largest absolute Gasteiger partial charge is 0.418 e. The number of benzene rings is 1. The monoisotopic (exact) mass is 266 g/mol. The molecule has 2 unspecified atom stereocenters. The number of halogens is 4. The Balaban J connectivity index is 2.10. The number of epoxide rings is 1. The summed E-state index contributed by atoms with van der Waals surface area (Å²) in [4.78, 5) is 0. The van der Waals surface area contributed by atoms with E-state index in [-0.39, 0.29) is 18.3 Å². The molecule has 17 heavy (non-hydrogen) atoms. The Labute approximate surface area is 101 Å². The van der Waals surface area contributed by atoms with Gasteiger partial charge in [0.1, 0.15) is 6.10 Å². The van der Waals surface area contributed by atoms with E-state index in [1.165, 1.54) is 24.3 Å². The third kappa shape index (κ3) is 3.59. The first-order valence-corrected chi connectivity index (χ1v) is 5.40. The maximum atomic E-state index is 12.8. The van der Waals surface area contributed by atoms with Gasteiger partial charge in [-0.05, 0) is 17.7 Å². The summed E-state index contributed by atoms with van der Waals surface area (Å²) in [6.45, 7) is 0.415. The molecule has 1 saturated heterocycles. The SMILES string of the molecule is FC(F)(F)C(OCC1CO1)c1ccc(Cl)cc1. The van der Waals surface area contributed by atoms with Gasteiger partial charge in [-0.1, -0.05) is 23.7 Å². The molecule has 6 heteroatoms. The minimum atomic E-state index is -4.44. The summed E-state index contributed by atoms with van der Waals surface area (Å²) < 4.78 is 48.0. The molecular weight excluding hydrogens is 257 g/mol. The fourth-order valence-electron chi connectivity index (χ4n) is 1.39. The summed E-state index contributed by atoms with van der Waals surface area (Å²) in [6, 6.07) is 5.45. The van der Waals surface area contributed by atoms with Crippen molar-refractivity contribution < 1.29 is 22.6 Å². The minimum Gasteiger partial charge on any atom is -0.371 e. The molecule has 1 fully saturated rings. The third-order valence-electron chi connectivity index (χ3n) is 2.32. The van der Waals surface area contributed by atoms with Crippen LogP contribution in [0.25, 0.3) is 0 Å². The van der Waals surface area contributed by atoms with E-state index in [1.807, 2.05) is 0 Å². The average Bonchev–Trinajstić information content (AvgIpc) is 3.03. The molecular formula is C11H10ClF3O2. The van der Waals surface area contributed by atoms with Gasteiger partial charge in [0.15, 0.2) is 6.10 Å². The van der Waals surface area contributed by atoms with E-state index < -0.39 is 12.3 Å². The normalized spacial score (nSPS) is 21.3. The van der Waals surface area contributed by atoms with Gasteiger partial charge >= 0.3 is 6.18 Å². The quantitative estimate of drug-likeness (QED) is 0.780. The van der Waals surface area contributed by atoms with Crippen molar-refractivity contribution in [3.05, 3.63) is 34.9 Å². The molecule has 0 radical (unpaired) electrons. The number of rotatable bonds is 4. The van der Waals surface area contributed by atoms with Crippen molar-refractivity contribution in [2.75, 3.05) is 13.2 Å². The van der Waals surface area contributed by atoms with Crippen molar-refractivity contribution >= 4 is 11.6 Å². The lowest BCUT2D eigenvalue weighted by atomic mass is 10.1. The van der Waals surface area contributed by atoms with Gasteiger partial charge in [0.05, 0.1) is 13.2 Å². The second kappa shape index (κ2) is 4.84. The predicted octanol–water partition coefficient (Wildman–Crippen LogP) is 3.36. The van der Waals surface area contributed by atoms with Crippen molar-refractivity contribution in [1.82, 2.24) is 0 Å². The molecule has 0 aromatic heterocycles. The summed E-state index contributed by atoms with van der Waals surface area (Å²) in [6.07, 6.45) is -6.57. The van der Waals surface area contributed by atoms with E-state index in [1.54, 1.807) is 0 Å². The first kappa shape index (κ1) is 12.7. The van der Waals surface area contributed by atoms with Crippen molar-refractivity contribution in [1.29, 1.82) is 0 Å². The van der Waals surface area contributed by atoms with Gasteiger partial charge in [0.25, 0.3) is 0 Å². The van der Waals surface area contributed by atoms with Crippen LogP contribution in [0, 0.1) is 0 Å². The van der Waals surface area contributed by atoms with Crippen molar-refractivity contribution in [2.24, 2.45) is 0 Å². The Hall–Kier alpha value is -0.780. The van der Waals surface area contributed by atoms with Crippen molar-refractivity contribution in [3.63, 3.8) is 0 Å². The van der Waals surface area contributed by atoms with E-state index in [0.717, 1.165) is 0 Å². The van der Waals surface area contributed by atoms with Gasteiger partial charge in [-0.25, -0.2) is 0 Å². The molecule has 1 aromatic rings. The number of hydrogen-bond acceptors (Lipinski definition) is 2. The topological polar surface area (TPSA) is 21.8 Å². The molecule has 1 aliphatic heterocycles. The Bertz CT molecular complexity index is 373. The van der Waals surface area contributed by atoms with Crippen LogP contribution in [0.2, 0.25) is 5.02 Å². The van der Waals surface area contributed by atoms with E-state index in [9.17, 15) is 13.2 Å². The highest BCUT2D eigenvalue weighted by Crippen LogP contribution is 2.36. The van der Waals surface area contributed by atoms with Crippen LogP contribution in [0.1, 0.15) is 11.7 Å². The average molecular weight is 267 g/mol. The zero-order chi connectivity index (χ0) is 12.5. The molecule has 0 aliphatic carbocycles. The summed E-state index contributed by atoms with van der Waals surface area (Å²) >= 11 is 5.63. The lowest BCUT2D eigenvalue weighted by molar-refractivity contribution is -0.224. The van der Waals surface area contributed by atoms with Gasteiger partial charge in [-0.2, -0.15) is 13.2 Å². The first-order chi connectivity index (χ1) is 7.97. The van der Waals surface area contributed by atoms with Crippen LogP contribution in [0.15, 0.2) is 24.3 Å².